The second-order valence-corrected chi connectivity index (χ2v) is 3.82. The Morgan fingerprint density at radius 1 is 1.38 bits per heavy atom. The van der Waals surface area contributed by atoms with Crippen LogP contribution in [0, 0.1) is 6.92 Å². The van der Waals surface area contributed by atoms with Gasteiger partial charge < -0.3 is 10.8 Å². The van der Waals surface area contributed by atoms with E-state index < -0.39 is 17.4 Å². The lowest BCUT2D eigenvalue weighted by molar-refractivity contribution is -0.160. The Kier molecular flexibility index (Phi) is 3.01. The molecule has 5 heteroatoms. The lowest BCUT2D eigenvalue weighted by Crippen LogP contribution is -2.57. The van der Waals surface area contributed by atoms with Crippen molar-refractivity contribution in [3.8, 4) is 0 Å². The monoisotopic (exact) mass is 229 g/mol. The van der Waals surface area contributed by atoms with E-state index in [0.717, 1.165) is 0 Å². The fourth-order valence-corrected chi connectivity index (χ4v) is 1.55. The second kappa shape index (κ2) is 3.83. The Bertz CT molecular complexity index is 415. The predicted molar refractivity (Wildman–Crippen MR) is 55.3 cm³/mol. The summed E-state index contributed by atoms with van der Waals surface area (Å²) in [6.45, 7) is 2.05. The number of aryl methyl sites for hydroxylation is 1. The van der Waals surface area contributed by atoms with Crippen LogP contribution in [0.15, 0.2) is 24.3 Å². The number of aliphatic carboxylic acids is 1. The zero-order chi connectivity index (χ0) is 12.6. The third-order valence-electron chi connectivity index (χ3n) is 2.60. The van der Waals surface area contributed by atoms with Crippen molar-refractivity contribution in [2.45, 2.75) is 25.3 Å². The van der Waals surface area contributed by atoms with E-state index in [1.807, 2.05) is 0 Å². The number of carboxylic acid groups (broad SMARTS) is 1. The van der Waals surface area contributed by atoms with Crippen LogP contribution in [0.3, 0.4) is 0 Å². The Balaban J connectivity index is 3.46. The van der Waals surface area contributed by atoms with E-state index in [1.54, 1.807) is 19.1 Å². The van der Waals surface area contributed by atoms with Gasteiger partial charge in [0, 0.05) is 6.92 Å². The fourth-order valence-electron chi connectivity index (χ4n) is 1.55. The molecule has 3 nitrogen and oxygen atoms in total. The van der Waals surface area contributed by atoms with E-state index in [-0.39, 0.29) is 5.56 Å². The number of carboxylic acids is 1. The SMILES string of the molecule is Cc1ccccc1C(N)(C(=O)O)C(C)(F)F. The van der Waals surface area contributed by atoms with Gasteiger partial charge >= 0.3 is 5.97 Å². The molecule has 1 unspecified atom stereocenters. The minimum atomic E-state index is -3.55. The summed E-state index contributed by atoms with van der Waals surface area (Å²) < 4.78 is 26.8. The first kappa shape index (κ1) is 12.6. The highest BCUT2D eigenvalue weighted by Gasteiger charge is 2.55. The smallest absolute Gasteiger partial charge is 0.334 e. The molecular weight excluding hydrogens is 216 g/mol. The van der Waals surface area contributed by atoms with E-state index in [9.17, 15) is 13.6 Å². The number of hydrogen-bond acceptors (Lipinski definition) is 2. The number of alkyl halides is 2. The number of halogens is 2. The van der Waals surface area contributed by atoms with Crippen LogP contribution in [-0.4, -0.2) is 17.0 Å². The number of benzene rings is 1. The average molecular weight is 229 g/mol. The molecule has 0 bridgehead atoms. The third-order valence-corrected chi connectivity index (χ3v) is 2.60. The molecule has 0 aliphatic rings. The molecule has 0 fully saturated rings. The lowest BCUT2D eigenvalue weighted by atomic mass is 9.83. The standard InChI is InChI=1S/C11H13F2NO2/c1-7-5-3-4-6-8(7)11(14,9(15)16)10(2,12)13/h3-6H,14H2,1-2H3,(H,15,16). The van der Waals surface area contributed by atoms with Gasteiger partial charge in [-0.1, -0.05) is 24.3 Å². The molecule has 0 amide bonds. The Labute approximate surface area is 91.9 Å². The van der Waals surface area contributed by atoms with Crippen LogP contribution in [0.2, 0.25) is 0 Å². The minimum Gasteiger partial charge on any atom is -0.479 e. The molecule has 0 aliphatic carbocycles. The molecule has 0 saturated carbocycles. The number of nitrogens with two attached hydrogens (primary N) is 1. The van der Waals surface area contributed by atoms with Crippen LogP contribution in [0.4, 0.5) is 8.78 Å². The Morgan fingerprint density at radius 3 is 2.25 bits per heavy atom. The van der Waals surface area contributed by atoms with Gasteiger partial charge in [-0.05, 0) is 18.1 Å². The quantitative estimate of drug-likeness (QED) is 0.831. The van der Waals surface area contributed by atoms with Crippen LogP contribution in [0.25, 0.3) is 0 Å². The number of rotatable bonds is 3. The van der Waals surface area contributed by atoms with E-state index in [2.05, 4.69) is 0 Å². The van der Waals surface area contributed by atoms with Gasteiger partial charge in [-0.25, -0.2) is 13.6 Å². The summed E-state index contributed by atoms with van der Waals surface area (Å²) in [7, 11) is 0. The molecule has 0 aromatic heterocycles. The summed E-state index contributed by atoms with van der Waals surface area (Å²) in [6, 6.07) is 5.97. The summed E-state index contributed by atoms with van der Waals surface area (Å²) >= 11 is 0. The molecule has 3 N–H and O–H groups in total. The largest absolute Gasteiger partial charge is 0.479 e. The van der Waals surface area contributed by atoms with Gasteiger partial charge in [0.1, 0.15) is 0 Å². The van der Waals surface area contributed by atoms with Crippen LogP contribution in [0.5, 0.6) is 0 Å². The molecule has 0 radical (unpaired) electrons. The number of carbonyl (C=O) groups is 1. The molecule has 0 aliphatic heterocycles. The highest BCUT2D eigenvalue weighted by atomic mass is 19.3. The molecule has 1 rings (SSSR count). The van der Waals surface area contributed by atoms with Crippen molar-refractivity contribution < 1.29 is 18.7 Å². The highest BCUT2D eigenvalue weighted by molar-refractivity contribution is 5.82. The summed E-state index contributed by atoms with van der Waals surface area (Å²) in [5, 5.41) is 8.94. The maximum absolute atomic E-state index is 13.4. The first-order valence-electron chi connectivity index (χ1n) is 4.67. The Hall–Kier alpha value is -1.49. The summed E-state index contributed by atoms with van der Waals surface area (Å²) in [6.07, 6.45) is 0. The molecule has 1 atom stereocenters. The van der Waals surface area contributed by atoms with Gasteiger partial charge in [-0.2, -0.15) is 0 Å². The maximum Gasteiger partial charge on any atom is 0.334 e. The first-order chi connectivity index (χ1) is 7.21. The van der Waals surface area contributed by atoms with Gasteiger partial charge in [-0.15, -0.1) is 0 Å². The van der Waals surface area contributed by atoms with Crippen LogP contribution < -0.4 is 5.73 Å². The van der Waals surface area contributed by atoms with Crippen molar-refractivity contribution in [2.75, 3.05) is 0 Å². The normalized spacial score (nSPS) is 15.6. The van der Waals surface area contributed by atoms with Gasteiger partial charge in [0.25, 0.3) is 5.92 Å². The zero-order valence-corrected chi connectivity index (χ0v) is 9.00. The van der Waals surface area contributed by atoms with E-state index >= 15 is 0 Å². The van der Waals surface area contributed by atoms with E-state index in [0.29, 0.717) is 12.5 Å². The highest BCUT2D eigenvalue weighted by Crippen LogP contribution is 2.36. The van der Waals surface area contributed by atoms with Crippen LogP contribution >= 0.6 is 0 Å². The molecule has 0 heterocycles. The molecule has 0 spiro atoms. The van der Waals surface area contributed by atoms with Crippen molar-refractivity contribution in [3.63, 3.8) is 0 Å². The lowest BCUT2D eigenvalue weighted by Gasteiger charge is -2.32. The van der Waals surface area contributed by atoms with Crippen molar-refractivity contribution in [3.05, 3.63) is 35.4 Å². The predicted octanol–water partition coefficient (Wildman–Crippen LogP) is 1.89. The van der Waals surface area contributed by atoms with Gasteiger partial charge in [-0.3, -0.25) is 0 Å². The van der Waals surface area contributed by atoms with Crippen LogP contribution in [0.1, 0.15) is 18.1 Å². The van der Waals surface area contributed by atoms with Crippen molar-refractivity contribution in [1.29, 1.82) is 0 Å². The van der Waals surface area contributed by atoms with E-state index in [1.165, 1.54) is 12.1 Å². The van der Waals surface area contributed by atoms with Crippen molar-refractivity contribution in [1.82, 2.24) is 0 Å². The molecule has 88 valence electrons. The maximum atomic E-state index is 13.4. The third kappa shape index (κ3) is 1.78. The zero-order valence-electron chi connectivity index (χ0n) is 9.00. The first-order valence-corrected chi connectivity index (χ1v) is 4.67. The minimum absolute atomic E-state index is 0.0741. The Morgan fingerprint density at radius 2 is 1.88 bits per heavy atom. The fraction of sp³-hybridized carbons (Fsp3) is 0.364. The summed E-state index contributed by atoms with van der Waals surface area (Å²) in [5.74, 6) is -5.29. The molecule has 0 saturated heterocycles. The molecule has 1 aromatic rings. The van der Waals surface area contributed by atoms with Gasteiger partial charge in [0.2, 0.25) is 5.54 Å². The van der Waals surface area contributed by atoms with Crippen molar-refractivity contribution >= 4 is 5.97 Å². The average Bonchev–Trinajstić information content (AvgIpc) is 2.15. The molecule has 1 aromatic carbocycles. The summed E-state index contributed by atoms with van der Waals surface area (Å²) in [5.41, 5.74) is 3.05. The number of hydrogen-bond donors (Lipinski definition) is 2. The van der Waals surface area contributed by atoms with Crippen molar-refractivity contribution in [2.24, 2.45) is 5.73 Å². The molecule has 16 heavy (non-hydrogen) atoms. The van der Waals surface area contributed by atoms with E-state index in [4.69, 9.17) is 10.8 Å². The van der Waals surface area contributed by atoms with Crippen LogP contribution in [-0.2, 0) is 10.3 Å². The topological polar surface area (TPSA) is 63.3 Å². The summed E-state index contributed by atoms with van der Waals surface area (Å²) in [4.78, 5) is 11.0. The molecular formula is C11H13F2NO2. The second-order valence-electron chi connectivity index (χ2n) is 3.82. The van der Waals surface area contributed by atoms with Gasteiger partial charge in [0.15, 0.2) is 0 Å². The van der Waals surface area contributed by atoms with Gasteiger partial charge in [0.05, 0.1) is 0 Å².